The molecule has 56 heavy (non-hydrogen) atoms. The van der Waals surface area contributed by atoms with Gasteiger partial charge in [0.1, 0.15) is 0 Å². The molecule has 0 aliphatic heterocycles. The van der Waals surface area contributed by atoms with E-state index >= 15 is 0 Å². The van der Waals surface area contributed by atoms with E-state index in [1.807, 2.05) is 26.0 Å². The van der Waals surface area contributed by atoms with Gasteiger partial charge in [-0.1, -0.05) is 160 Å². The summed E-state index contributed by atoms with van der Waals surface area (Å²) in [5.74, 6) is 0.626. The Morgan fingerprint density at radius 2 is 1.07 bits per heavy atom. The molecule has 4 aromatic heterocycles. The zero-order valence-corrected chi connectivity index (χ0v) is 31.2. The number of nitrogens with zero attached hydrogens (tertiary/aromatic N) is 4. The van der Waals surface area contributed by atoms with E-state index in [9.17, 15) is 0 Å². The van der Waals surface area contributed by atoms with Crippen molar-refractivity contribution in [3.63, 3.8) is 0 Å². The Morgan fingerprint density at radius 1 is 0.464 bits per heavy atom. The Labute approximate surface area is 323 Å². The normalized spacial score (nSPS) is 11.9. The fraction of sp³-hybridized carbons (Fsp3) is 0.0385. The predicted octanol–water partition coefficient (Wildman–Crippen LogP) is 14.2. The third-order valence-electron chi connectivity index (χ3n) is 11.6. The standard InChI is InChI=1S/C50H30N4.C2H6/c1-3-33-34(4-2)45-39-21-13-20-38-43-35-17-8-7-15-30(35)26-27-42(43)53(47(38)39)48(45)49-44(33)37-19-10-12-23-41(37)54(49)50-51-40-22-11-9-18-36(40)46(52-50)32-25-24-29-14-5-6-16-31(29)28-32;1-2/h3-28H,1-2H2;1-2H3. The fourth-order valence-electron chi connectivity index (χ4n) is 9.37. The van der Waals surface area contributed by atoms with Crippen LogP contribution in [-0.2, 0) is 0 Å². The van der Waals surface area contributed by atoms with E-state index in [1.54, 1.807) is 0 Å². The summed E-state index contributed by atoms with van der Waals surface area (Å²) in [6.07, 6.45) is 4.01. The van der Waals surface area contributed by atoms with Crippen molar-refractivity contribution in [2.45, 2.75) is 13.8 Å². The molecular weight excluding hydrogens is 681 g/mol. The van der Waals surface area contributed by atoms with Gasteiger partial charge < -0.3 is 4.40 Å². The highest BCUT2D eigenvalue weighted by Crippen LogP contribution is 2.49. The molecule has 0 aliphatic carbocycles. The van der Waals surface area contributed by atoms with Gasteiger partial charge in [-0.15, -0.1) is 0 Å². The number of hydrogen-bond donors (Lipinski definition) is 0. The Morgan fingerprint density at radius 3 is 1.86 bits per heavy atom. The monoisotopic (exact) mass is 716 g/mol. The molecule has 0 saturated heterocycles. The largest absolute Gasteiger partial charge is 0.306 e. The number of fused-ring (bicyclic) bond motifs is 14. The third-order valence-corrected chi connectivity index (χ3v) is 11.6. The van der Waals surface area contributed by atoms with Gasteiger partial charge in [-0.25, -0.2) is 9.97 Å². The summed E-state index contributed by atoms with van der Waals surface area (Å²) < 4.78 is 4.79. The molecule has 12 aromatic rings. The van der Waals surface area contributed by atoms with Crippen LogP contribution in [0.5, 0.6) is 0 Å². The molecule has 0 atom stereocenters. The second-order valence-electron chi connectivity index (χ2n) is 14.2. The number of para-hydroxylation sites is 3. The molecule has 0 N–H and O–H groups in total. The first-order valence-corrected chi connectivity index (χ1v) is 19.3. The van der Waals surface area contributed by atoms with E-state index in [-0.39, 0.29) is 0 Å². The van der Waals surface area contributed by atoms with Crippen LogP contribution in [0.15, 0.2) is 159 Å². The highest BCUT2D eigenvalue weighted by molar-refractivity contribution is 6.34. The van der Waals surface area contributed by atoms with Gasteiger partial charge in [-0.3, -0.25) is 4.57 Å². The summed E-state index contributed by atoms with van der Waals surface area (Å²) >= 11 is 0. The molecule has 8 aromatic carbocycles. The first-order valence-electron chi connectivity index (χ1n) is 19.3. The molecule has 0 unspecified atom stereocenters. The summed E-state index contributed by atoms with van der Waals surface area (Å²) in [6.45, 7) is 12.8. The van der Waals surface area contributed by atoms with Crippen molar-refractivity contribution in [1.29, 1.82) is 0 Å². The van der Waals surface area contributed by atoms with E-state index in [0.29, 0.717) is 5.95 Å². The van der Waals surface area contributed by atoms with E-state index in [4.69, 9.17) is 9.97 Å². The highest BCUT2D eigenvalue weighted by Gasteiger charge is 2.28. The predicted molar refractivity (Wildman–Crippen MR) is 241 cm³/mol. The van der Waals surface area contributed by atoms with Gasteiger partial charge >= 0.3 is 0 Å². The van der Waals surface area contributed by atoms with Crippen LogP contribution in [0.3, 0.4) is 0 Å². The molecule has 4 nitrogen and oxygen atoms in total. The van der Waals surface area contributed by atoms with Crippen LogP contribution in [0.2, 0.25) is 0 Å². The SMILES string of the molecule is C=Cc1c(C=C)c2c3cccc4c5c6ccccc6ccc5n(c34)c2c2c1c1ccccc1n2-c1nc(-c2ccc3ccccc3c2)c2ccccc2n1.CC. The molecule has 0 spiro atoms. The molecule has 0 radical (unpaired) electrons. The van der Waals surface area contributed by atoms with Gasteiger partial charge in [0.25, 0.3) is 0 Å². The third kappa shape index (κ3) is 4.18. The maximum Gasteiger partial charge on any atom is 0.235 e. The molecule has 12 rings (SSSR count). The van der Waals surface area contributed by atoms with Crippen LogP contribution in [-0.4, -0.2) is 18.9 Å². The molecule has 0 aliphatic rings. The van der Waals surface area contributed by atoms with E-state index in [0.717, 1.165) is 66.0 Å². The zero-order chi connectivity index (χ0) is 37.7. The molecule has 4 heteroatoms. The van der Waals surface area contributed by atoms with Gasteiger partial charge in [0, 0.05) is 43.3 Å². The van der Waals surface area contributed by atoms with Crippen molar-refractivity contribution in [1.82, 2.24) is 18.9 Å². The topological polar surface area (TPSA) is 35.1 Å². The summed E-state index contributed by atoms with van der Waals surface area (Å²) in [7, 11) is 0. The lowest BCUT2D eigenvalue weighted by atomic mass is 9.94. The van der Waals surface area contributed by atoms with Gasteiger partial charge in [0.05, 0.1) is 38.8 Å². The molecular formula is C52H36N4. The lowest BCUT2D eigenvalue weighted by Gasteiger charge is -2.14. The van der Waals surface area contributed by atoms with Crippen LogP contribution in [0.25, 0.3) is 122 Å². The number of rotatable bonds is 4. The highest BCUT2D eigenvalue weighted by atomic mass is 15.2. The first-order chi connectivity index (χ1) is 27.7. The Kier molecular flexibility index (Phi) is 6.95. The number of benzene rings is 8. The molecule has 0 bridgehead atoms. The van der Waals surface area contributed by atoms with Gasteiger partial charge in [0.15, 0.2) is 0 Å². The smallest absolute Gasteiger partial charge is 0.235 e. The van der Waals surface area contributed by atoms with Crippen molar-refractivity contribution in [3.8, 4) is 17.2 Å². The molecule has 264 valence electrons. The van der Waals surface area contributed by atoms with E-state index < -0.39 is 0 Å². The minimum absolute atomic E-state index is 0.626. The maximum absolute atomic E-state index is 5.53. The van der Waals surface area contributed by atoms with Crippen molar-refractivity contribution >= 4 is 105 Å². The Balaban J connectivity index is 0.00000179. The second kappa shape index (κ2) is 12.1. The van der Waals surface area contributed by atoms with Crippen LogP contribution in [0.4, 0.5) is 0 Å². The summed E-state index contributed by atoms with van der Waals surface area (Å²) in [6, 6.07) is 52.0. The Bertz CT molecular complexity index is 3600. The van der Waals surface area contributed by atoms with E-state index in [2.05, 4.69) is 168 Å². The van der Waals surface area contributed by atoms with Crippen molar-refractivity contribution in [2.75, 3.05) is 0 Å². The maximum atomic E-state index is 5.53. The molecule has 0 fully saturated rings. The van der Waals surface area contributed by atoms with Gasteiger partial charge in [-0.2, -0.15) is 0 Å². The van der Waals surface area contributed by atoms with Gasteiger partial charge in [0.2, 0.25) is 5.95 Å². The lowest BCUT2D eigenvalue weighted by Crippen LogP contribution is -2.04. The number of hydrogen-bond acceptors (Lipinski definition) is 2. The minimum atomic E-state index is 0.626. The number of aromatic nitrogens is 4. The summed E-state index contributed by atoms with van der Waals surface area (Å²) in [4.78, 5) is 10.9. The molecule has 0 amide bonds. The fourth-order valence-corrected chi connectivity index (χ4v) is 9.37. The van der Waals surface area contributed by atoms with Crippen LogP contribution in [0, 0.1) is 0 Å². The van der Waals surface area contributed by atoms with Crippen molar-refractivity contribution in [3.05, 3.63) is 170 Å². The van der Waals surface area contributed by atoms with E-state index in [1.165, 1.54) is 48.7 Å². The van der Waals surface area contributed by atoms with Crippen molar-refractivity contribution < 1.29 is 0 Å². The second-order valence-corrected chi connectivity index (χ2v) is 14.2. The average Bonchev–Trinajstić information content (AvgIpc) is 3.92. The first kappa shape index (κ1) is 32.2. The van der Waals surface area contributed by atoms with Crippen LogP contribution >= 0.6 is 0 Å². The molecule has 4 heterocycles. The Hall–Kier alpha value is -7.30. The average molecular weight is 717 g/mol. The zero-order valence-electron chi connectivity index (χ0n) is 31.2. The summed E-state index contributed by atoms with van der Waals surface area (Å²) in [5, 5.41) is 12.9. The van der Waals surface area contributed by atoms with Gasteiger partial charge in [-0.05, 0) is 56.9 Å². The minimum Gasteiger partial charge on any atom is -0.306 e. The lowest BCUT2D eigenvalue weighted by molar-refractivity contribution is 1.01. The van der Waals surface area contributed by atoms with Crippen LogP contribution < -0.4 is 0 Å². The quantitative estimate of drug-likeness (QED) is 0.182. The van der Waals surface area contributed by atoms with Crippen LogP contribution in [0.1, 0.15) is 25.0 Å². The van der Waals surface area contributed by atoms with Crippen molar-refractivity contribution in [2.24, 2.45) is 0 Å². The summed E-state index contributed by atoms with van der Waals surface area (Å²) in [5.41, 5.74) is 10.6. The molecule has 0 saturated carbocycles.